The molecule has 0 aliphatic heterocycles. The van der Waals surface area contributed by atoms with Crippen LogP contribution >= 0.6 is 0 Å². The van der Waals surface area contributed by atoms with Crippen molar-refractivity contribution in [3.8, 4) is 0 Å². The maximum atomic E-state index is 12.8. The maximum Gasteiger partial charge on any atom is 0.480 e. The van der Waals surface area contributed by atoms with E-state index < -0.39 is 31.1 Å². The van der Waals surface area contributed by atoms with Crippen molar-refractivity contribution in [2.45, 2.75) is 149 Å². The second-order valence-corrected chi connectivity index (χ2v) is 21.4. The molecular formula is C42H62F6N2O7S2. The van der Waals surface area contributed by atoms with Crippen molar-refractivity contribution in [1.29, 1.82) is 0 Å². The summed E-state index contributed by atoms with van der Waals surface area (Å²) in [5.74, 6) is 6.52. The molecule has 1 aromatic heterocycles. The number of rotatable bonds is 15. The van der Waals surface area contributed by atoms with Crippen LogP contribution in [0.25, 0.3) is 4.13 Å². The molecule has 1 heterocycles. The van der Waals surface area contributed by atoms with Crippen LogP contribution in [-0.4, -0.2) is 39.9 Å². The van der Waals surface area contributed by atoms with E-state index in [2.05, 4.69) is 54.2 Å². The molecule has 1 aromatic rings. The summed E-state index contributed by atoms with van der Waals surface area (Å²) < 4.78 is 117. The zero-order chi connectivity index (χ0) is 44.2. The fourth-order valence-electron chi connectivity index (χ4n) is 10.9. The normalized spacial score (nSPS) is 29.4. The number of allylic oxidation sites excluding steroid dienone is 2. The van der Waals surface area contributed by atoms with E-state index in [0.29, 0.717) is 30.4 Å². The number of ether oxygens (including phenoxy) is 1. The highest BCUT2D eigenvalue weighted by atomic mass is 32.3. The van der Waals surface area contributed by atoms with Gasteiger partial charge in [-0.15, -0.1) is 0 Å². The number of carbonyl (C=O) groups is 1. The van der Waals surface area contributed by atoms with Crippen LogP contribution in [0, 0.1) is 52.3 Å². The first-order chi connectivity index (χ1) is 27.3. The summed E-state index contributed by atoms with van der Waals surface area (Å²) in [5, 5.41) is 0. The van der Waals surface area contributed by atoms with Gasteiger partial charge in [0.05, 0.1) is 0 Å². The summed E-state index contributed by atoms with van der Waals surface area (Å²) in [6, 6.07) is 5.77. The molecule has 9 nitrogen and oxygen atoms in total. The van der Waals surface area contributed by atoms with E-state index in [1.54, 1.807) is 10.3 Å². The average Bonchev–Trinajstić information content (AvgIpc) is 3.48. The zero-order valence-corrected chi connectivity index (χ0v) is 36.7. The summed E-state index contributed by atoms with van der Waals surface area (Å²) in [4.78, 5) is 18.5. The minimum Gasteiger partial charge on any atom is -0.462 e. The van der Waals surface area contributed by atoms with Gasteiger partial charge in [-0.25, -0.2) is 21.7 Å². The van der Waals surface area contributed by atoms with Gasteiger partial charge in [0.1, 0.15) is 6.10 Å². The van der Waals surface area contributed by atoms with Crippen molar-refractivity contribution >= 4 is 26.0 Å². The van der Waals surface area contributed by atoms with Gasteiger partial charge in [0.15, 0.2) is 25.8 Å². The highest BCUT2D eigenvalue weighted by molar-refractivity contribution is 8.13. The molecule has 0 spiro atoms. The lowest BCUT2D eigenvalue weighted by atomic mass is 9.47. The smallest absolute Gasteiger partial charge is 0.462 e. The van der Waals surface area contributed by atoms with Crippen LogP contribution in [0.3, 0.4) is 0 Å². The number of hydrogen-bond acceptors (Lipinski definition) is 7. The summed E-state index contributed by atoms with van der Waals surface area (Å²) in [7, 11) is -13.4. The third kappa shape index (κ3) is 11.6. The monoisotopic (exact) mass is 884 g/mol. The number of hydrogen-bond donors (Lipinski definition) is 0. The Balaban J connectivity index is 0.000000436. The number of halogens is 6. The highest BCUT2D eigenvalue weighted by Crippen LogP contribution is 2.67. The molecule has 9 atom stereocenters. The van der Waals surface area contributed by atoms with Gasteiger partial charge in [0, 0.05) is 36.1 Å². The minimum atomic E-state index is -6.72. The predicted octanol–water partition coefficient (Wildman–Crippen LogP) is 10.7. The molecule has 0 bridgehead atoms. The van der Waals surface area contributed by atoms with Gasteiger partial charge in [-0.1, -0.05) is 78.7 Å². The number of sulfonamides is 2. The van der Waals surface area contributed by atoms with E-state index >= 15 is 0 Å². The van der Waals surface area contributed by atoms with E-state index in [0.717, 1.165) is 64.8 Å². The number of pyridine rings is 1. The Morgan fingerprint density at radius 3 is 2.10 bits per heavy atom. The molecule has 3 fully saturated rings. The Morgan fingerprint density at radius 2 is 1.53 bits per heavy atom. The Morgan fingerprint density at radius 1 is 0.898 bits per heavy atom. The largest absolute Gasteiger partial charge is 0.480 e. The first-order valence-electron chi connectivity index (χ1n) is 20.8. The van der Waals surface area contributed by atoms with Crippen molar-refractivity contribution in [3.63, 3.8) is 0 Å². The number of esters is 1. The zero-order valence-electron chi connectivity index (χ0n) is 35.0. The predicted molar refractivity (Wildman–Crippen MR) is 212 cm³/mol. The van der Waals surface area contributed by atoms with E-state index in [1.165, 1.54) is 51.4 Å². The summed E-state index contributed by atoms with van der Waals surface area (Å²) >= 11 is 0. The van der Waals surface area contributed by atoms with Crippen molar-refractivity contribution < 1.29 is 62.3 Å². The first kappa shape index (κ1) is 49.0. The topological polar surface area (TPSA) is 122 Å². The Labute approximate surface area is 346 Å². The Bertz CT molecular complexity index is 1810. The molecule has 0 unspecified atom stereocenters. The van der Waals surface area contributed by atoms with Crippen molar-refractivity contribution in [1.82, 2.24) is 0 Å². The van der Waals surface area contributed by atoms with E-state index in [-0.39, 0.29) is 17.5 Å². The quantitative estimate of drug-likeness (QED) is 0.0565. The molecule has 0 amide bonds. The standard InChI is InChI=1S/C40H62NO3.C2F6NO4S2/c1-8-31(28(2)3)16-15-29(4)35-19-20-36-34-18-17-32-27-33(21-23-39(32,6)37(34)22-24-40(35,36)7)43-38(42)14-12-13-30(5)44-41-25-10-9-11-26-41;3-1(4,5)14(10,11)9-15(12,13)2(6,7)8/h9-11,17,25-26,28-29,31,33-37H,5,8,12-16,18-24,27H2,1-4,6-7H3;/q+1;-1/t29-,31-,33-,34-,35+,36-,37-,39-,40+;/m0./s1. The van der Waals surface area contributed by atoms with Crippen molar-refractivity contribution in [2.24, 2.45) is 52.3 Å². The number of carbonyl (C=O) groups excluding carboxylic acids is 1. The fraction of sp³-hybridized carbons (Fsp3) is 0.762. The van der Waals surface area contributed by atoms with E-state index in [9.17, 15) is 48.0 Å². The third-order valence-electron chi connectivity index (χ3n) is 14.1. The number of nitrogens with zero attached hydrogens (tertiary/aromatic N) is 2. The van der Waals surface area contributed by atoms with Gasteiger partial charge in [-0.2, -0.15) is 26.3 Å². The minimum absolute atomic E-state index is 0.0288. The van der Waals surface area contributed by atoms with Crippen molar-refractivity contribution in [3.05, 3.63) is 58.7 Å². The molecule has 4 aliphatic carbocycles. The van der Waals surface area contributed by atoms with Gasteiger partial charge < -0.3 is 8.86 Å². The lowest BCUT2D eigenvalue weighted by Crippen LogP contribution is -2.51. The lowest BCUT2D eigenvalue weighted by Gasteiger charge is -2.58. The second-order valence-electron chi connectivity index (χ2n) is 17.9. The summed E-state index contributed by atoms with van der Waals surface area (Å²) in [5.41, 5.74) is -10.0. The molecule has 59 heavy (non-hydrogen) atoms. The Kier molecular flexibility index (Phi) is 15.9. The SMILES string of the molecule is C=C(CCCC(=O)O[C@H]1CC[C@@]2(C)C(=CC[C@H]3[C@@H]4CC[C@H]([C@@H](C)CC[C@H](CC)C(C)C)[C@@]4(C)CC[C@@H]32)C1)O[n+]1ccccc1.O=S(=O)([N-]S(=O)(=O)C(F)(F)F)C(F)(F)F. The fourth-order valence-corrected chi connectivity index (χ4v) is 12.6. The molecule has 336 valence electrons. The highest BCUT2D eigenvalue weighted by Gasteiger charge is 2.59. The van der Waals surface area contributed by atoms with Gasteiger partial charge in [-0.3, -0.25) is 4.79 Å². The van der Waals surface area contributed by atoms with Crippen molar-refractivity contribution in [2.75, 3.05) is 0 Å². The van der Waals surface area contributed by atoms with Gasteiger partial charge >= 0.3 is 17.0 Å². The molecule has 0 saturated heterocycles. The van der Waals surface area contributed by atoms with Crippen LogP contribution in [0.4, 0.5) is 26.3 Å². The van der Waals surface area contributed by atoms with Crippen LogP contribution in [0.1, 0.15) is 131 Å². The maximum absolute atomic E-state index is 12.8. The van der Waals surface area contributed by atoms with Crippen LogP contribution in [0.5, 0.6) is 0 Å². The molecule has 0 N–H and O–H groups in total. The molecule has 4 aliphatic rings. The van der Waals surface area contributed by atoms with E-state index in [4.69, 9.17) is 9.57 Å². The molecular weight excluding hydrogens is 823 g/mol. The number of fused-ring (bicyclic) bond motifs is 5. The van der Waals surface area contributed by atoms with Crippen LogP contribution in [0.2, 0.25) is 0 Å². The Hall–Kier alpha value is -2.66. The number of aromatic nitrogens is 1. The third-order valence-corrected chi connectivity index (χ3v) is 16.9. The van der Waals surface area contributed by atoms with Gasteiger partial charge in [0.2, 0.25) is 12.4 Å². The van der Waals surface area contributed by atoms with Gasteiger partial charge in [-0.05, 0) is 110 Å². The van der Waals surface area contributed by atoms with Crippen LogP contribution in [0.15, 0.2) is 54.6 Å². The number of alkyl halides is 6. The van der Waals surface area contributed by atoms with Gasteiger partial charge in [0.25, 0.3) is 0 Å². The summed E-state index contributed by atoms with van der Waals surface area (Å²) in [6.07, 6.45) is 22.2. The average molecular weight is 885 g/mol. The van der Waals surface area contributed by atoms with E-state index in [1.807, 2.05) is 30.6 Å². The van der Waals surface area contributed by atoms with Crippen LogP contribution < -0.4 is 9.57 Å². The first-order valence-corrected chi connectivity index (χ1v) is 23.7. The molecule has 0 aromatic carbocycles. The summed E-state index contributed by atoms with van der Waals surface area (Å²) in [6.45, 7) is 19.1. The molecule has 5 rings (SSSR count). The second kappa shape index (κ2) is 19.2. The molecule has 0 radical (unpaired) electrons. The molecule has 3 saturated carbocycles. The van der Waals surface area contributed by atoms with Crippen LogP contribution in [-0.2, 0) is 29.6 Å². The molecule has 17 heteroatoms. The lowest BCUT2D eigenvalue weighted by molar-refractivity contribution is -0.880.